The van der Waals surface area contributed by atoms with Gasteiger partial charge >= 0.3 is 0 Å². The van der Waals surface area contributed by atoms with Gasteiger partial charge in [-0.25, -0.2) is 13.1 Å². The molecule has 0 aliphatic carbocycles. The molecule has 0 bridgehead atoms. The molecule has 1 N–H and O–H groups in total. The van der Waals surface area contributed by atoms with Crippen molar-refractivity contribution < 1.29 is 8.42 Å². The summed E-state index contributed by atoms with van der Waals surface area (Å²) in [7, 11) is -3.20. The van der Waals surface area contributed by atoms with Crippen molar-refractivity contribution in [3.8, 4) is 11.3 Å². The smallest absolute Gasteiger partial charge is 0.211 e. The van der Waals surface area contributed by atoms with Crippen LogP contribution < -0.4 is 4.72 Å². The van der Waals surface area contributed by atoms with E-state index in [1.165, 1.54) is 0 Å². The molecule has 2 aromatic rings. The topological polar surface area (TPSA) is 76.9 Å². The first kappa shape index (κ1) is 15.7. The Morgan fingerprint density at radius 3 is 2.62 bits per heavy atom. The van der Waals surface area contributed by atoms with E-state index in [0.29, 0.717) is 13.1 Å². The minimum atomic E-state index is -3.20. The van der Waals surface area contributed by atoms with Crippen LogP contribution in [0.4, 0.5) is 0 Å². The van der Waals surface area contributed by atoms with Crippen LogP contribution >= 0.6 is 0 Å². The number of rotatable bonds is 7. The molecule has 0 amide bonds. The minimum Gasteiger partial charge on any atom is -0.271 e. The number of nitrogens with zero attached hydrogens (tertiary/aromatic N) is 3. The molecule has 0 atom stereocenters. The van der Waals surface area contributed by atoms with Crippen molar-refractivity contribution >= 4 is 10.0 Å². The number of aromatic nitrogens is 3. The van der Waals surface area contributed by atoms with Gasteiger partial charge in [0.15, 0.2) is 0 Å². The Kier molecular flexibility index (Phi) is 5.08. The molecule has 0 unspecified atom stereocenters. The molecule has 0 radical (unpaired) electrons. The monoisotopic (exact) mass is 308 g/mol. The van der Waals surface area contributed by atoms with Gasteiger partial charge in [-0.05, 0) is 24.1 Å². The van der Waals surface area contributed by atoms with Crippen LogP contribution in [0.15, 0.2) is 36.8 Å². The third-order valence-electron chi connectivity index (χ3n) is 2.83. The van der Waals surface area contributed by atoms with E-state index in [1.807, 2.05) is 38.2 Å². The van der Waals surface area contributed by atoms with Gasteiger partial charge in [0.2, 0.25) is 10.0 Å². The van der Waals surface area contributed by atoms with E-state index in [0.717, 1.165) is 11.3 Å². The largest absolute Gasteiger partial charge is 0.271 e. The van der Waals surface area contributed by atoms with Gasteiger partial charge < -0.3 is 0 Å². The molecular weight excluding hydrogens is 288 g/mol. The van der Waals surface area contributed by atoms with E-state index >= 15 is 0 Å². The maximum Gasteiger partial charge on any atom is 0.211 e. The summed E-state index contributed by atoms with van der Waals surface area (Å²) in [6, 6.07) is 5.67. The zero-order valence-corrected chi connectivity index (χ0v) is 13.0. The average molecular weight is 308 g/mol. The van der Waals surface area contributed by atoms with Gasteiger partial charge in [-0.1, -0.05) is 13.8 Å². The van der Waals surface area contributed by atoms with Crippen LogP contribution in [-0.2, 0) is 16.6 Å². The maximum absolute atomic E-state index is 11.7. The second-order valence-electron chi connectivity index (χ2n) is 5.27. The van der Waals surface area contributed by atoms with E-state index in [4.69, 9.17) is 0 Å². The van der Waals surface area contributed by atoms with Crippen molar-refractivity contribution in [2.24, 2.45) is 5.92 Å². The Hall–Kier alpha value is -1.73. The zero-order valence-electron chi connectivity index (χ0n) is 12.2. The summed E-state index contributed by atoms with van der Waals surface area (Å²) in [4.78, 5) is 3.97. The lowest BCUT2D eigenvalue weighted by Gasteiger charge is -2.08. The molecule has 0 spiro atoms. The van der Waals surface area contributed by atoms with E-state index in [1.54, 1.807) is 17.1 Å². The predicted molar refractivity (Wildman–Crippen MR) is 82.1 cm³/mol. The summed E-state index contributed by atoms with van der Waals surface area (Å²) in [5, 5.41) is 4.42. The molecular formula is C14H20N4O2S. The van der Waals surface area contributed by atoms with Crippen LogP contribution in [0.2, 0.25) is 0 Å². The molecule has 2 heterocycles. The molecule has 0 fully saturated rings. The first-order chi connectivity index (χ1) is 9.96. The molecule has 2 aromatic heterocycles. The highest BCUT2D eigenvalue weighted by atomic mass is 32.2. The molecule has 0 aromatic carbocycles. The number of hydrogen-bond donors (Lipinski definition) is 1. The fourth-order valence-electron chi connectivity index (χ4n) is 1.98. The van der Waals surface area contributed by atoms with Gasteiger partial charge in [-0.2, -0.15) is 5.10 Å². The summed E-state index contributed by atoms with van der Waals surface area (Å²) in [6.07, 6.45) is 5.27. The normalized spacial score (nSPS) is 12.0. The van der Waals surface area contributed by atoms with Gasteiger partial charge in [-0.3, -0.25) is 9.67 Å². The lowest BCUT2D eigenvalue weighted by Crippen LogP contribution is -2.31. The van der Waals surface area contributed by atoms with E-state index < -0.39 is 10.0 Å². The lowest BCUT2D eigenvalue weighted by molar-refractivity contribution is 0.551. The number of hydrogen-bond acceptors (Lipinski definition) is 4. The number of sulfonamides is 1. The molecule has 0 saturated carbocycles. The first-order valence-electron chi connectivity index (χ1n) is 6.87. The second kappa shape index (κ2) is 6.82. The van der Waals surface area contributed by atoms with Gasteiger partial charge in [0.25, 0.3) is 0 Å². The first-order valence-corrected chi connectivity index (χ1v) is 8.53. The van der Waals surface area contributed by atoms with Crippen molar-refractivity contribution in [1.29, 1.82) is 0 Å². The molecule has 6 nitrogen and oxygen atoms in total. The third-order valence-corrected chi connectivity index (χ3v) is 4.58. The number of pyridine rings is 1. The lowest BCUT2D eigenvalue weighted by atomic mass is 10.2. The van der Waals surface area contributed by atoms with Crippen molar-refractivity contribution in [1.82, 2.24) is 19.5 Å². The Morgan fingerprint density at radius 1 is 1.24 bits per heavy atom. The van der Waals surface area contributed by atoms with Crippen LogP contribution in [-0.4, -0.2) is 35.5 Å². The highest BCUT2D eigenvalue weighted by molar-refractivity contribution is 7.89. The van der Waals surface area contributed by atoms with Crippen LogP contribution in [0.1, 0.15) is 13.8 Å². The van der Waals surface area contributed by atoms with Crippen LogP contribution in [0.3, 0.4) is 0 Å². The third kappa shape index (κ3) is 4.95. The van der Waals surface area contributed by atoms with Crippen molar-refractivity contribution in [2.45, 2.75) is 20.4 Å². The molecule has 2 rings (SSSR count). The summed E-state index contributed by atoms with van der Waals surface area (Å²) in [5.74, 6) is 0.263. The van der Waals surface area contributed by atoms with E-state index in [9.17, 15) is 8.42 Å². The summed E-state index contributed by atoms with van der Waals surface area (Å²) >= 11 is 0. The Balaban J connectivity index is 1.89. The molecule has 0 saturated heterocycles. The number of nitrogens with one attached hydrogen (secondary N) is 1. The SMILES string of the molecule is CC(C)CS(=O)(=O)NCCn1ccc(-c2ccncc2)n1. The Labute approximate surface area is 125 Å². The Bertz CT molecular complexity index is 665. The average Bonchev–Trinajstić information content (AvgIpc) is 2.87. The summed E-state index contributed by atoms with van der Waals surface area (Å²) in [5.41, 5.74) is 1.84. The zero-order chi connectivity index (χ0) is 15.3. The van der Waals surface area contributed by atoms with Gasteiger partial charge in [-0.15, -0.1) is 0 Å². The molecule has 7 heteroatoms. The standard InChI is InChI=1S/C14H20N4O2S/c1-12(2)11-21(19,20)16-8-10-18-9-5-14(17-18)13-3-6-15-7-4-13/h3-7,9,12,16H,8,10-11H2,1-2H3. The highest BCUT2D eigenvalue weighted by Gasteiger charge is 2.12. The van der Waals surface area contributed by atoms with Crippen molar-refractivity contribution in [3.05, 3.63) is 36.8 Å². The van der Waals surface area contributed by atoms with Crippen molar-refractivity contribution in [3.63, 3.8) is 0 Å². The summed E-state index contributed by atoms with van der Waals surface area (Å²) in [6.45, 7) is 4.61. The predicted octanol–water partition coefficient (Wildman–Crippen LogP) is 1.52. The fourth-order valence-corrected chi connectivity index (χ4v) is 3.37. The molecule has 0 aliphatic heterocycles. The second-order valence-corrected chi connectivity index (χ2v) is 7.12. The van der Waals surface area contributed by atoms with Crippen molar-refractivity contribution in [2.75, 3.05) is 12.3 Å². The summed E-state index contributed by atoms with van der Waals surface area (Å²) < 4.78 is 27.7. The van der Waals surface area contributed by atoms with Gasteiger partial charge in [0.05, 0.1) is 18.0 Å². The molecule has 114 valence electrons. The van der Waals surface area contributed by atoms with E-state index in [2.05, 4.69) is 14.8 Å². The highest BCUT2D eigenvalue weighted by Crippen LogP contribution is 2.14. The van der Waals surface area contributed by atoms with Crippen LogP contribution in [0.5, 0.6) is 0 Å². The van der Waals surface area contributed by atoms with Crippen LogP contribution in [0, 0.1) is 5.92 Å². The Morgan fingerprint density at radius 2 is 1.95 bits per heavy atom. The fraction of sp³-hybridized carbons (Fsp3) is 0.429. The molecule has 0 aliphatic rings. The van der Waals surface area contributed by atoms with Gasteiger partial charge in [0, 0.05) is 30.7 Å². The maximum atomic E-state index is 11.7. The minimum absolute atomic E-state index is 0.116. The van der Waals surface area contributed by atoms with Crippen LogP contribution in [0.25, 0.3) is 11.3 Å². The van der Waals surface area contributed by atoms with E-state index in [-0.39, 0.29) is 11.7 Å². The molecule has 21 heavy (non-hydrogen) atoms. The quantitative estimate of drug-likeness (QED) is 0.841. The van der Waals surface area contributed by atoms with Gasteiger partial charge in [0.1, 0.15) is 0 Å².